The summed E-state index contributed by atoms with van der Waals surface area (Å²) in [7, 11) is 1.30. The molecule has 21 heavy (non-hydrogen) atoms. The van der Waals surface area contributed by atoms with Crippen molar-refractivity contribution in [3.05, 3.63) is 59.2 Å². The number of rotatable bonds is 2. The molecule has 0 aliphatic carbocycles. The molecule has 4 nitrogen and oxygen atoms in total. The lowest BCUT2D eigenvalue weighted by Gasteiger charge is -2.30. The van der Waals surface area contributed by atoms with Crippen LogP contribution in [-0.2, 0) is 17.7 Å². The number of esters is 1. The van der Waals surface area contributed by atoms with Crippen molar-refractivity contribution >= 4 is 11.7 Å². The smallest absolute Gasteiger partial charge is 0.341 e. The Hall–Kier alpha value is -2.49. The second kappa shape index (κ2) is 5.48. The van der Waals surface area contributed by atoms with Gasteiger partial charge >= 0.3 is 5.97 Å². The van der Waals surface area contributed by atoms with Gasteiger partial charge in [-0.3, -0.25) is 0 Å². The van der Waals surface area contributed by atoms with Crippen LogP contribution in [0.25, 0.3) is 0 Å². The second-order valence-corrected chi connectivity index (χ2v) is 5.13. The molecule has 0 saturated carbocycles. The molecule has 0 atom stereocenters. The lowest BCUT2D eigenvalue weighted by Crippen LogP contribution is -2.30. The lowest BCUT2D eigenvalue weighted by atomic mass is 9.99. The van der Waals surface area contributed by atoms with Crippen LogP contribution in [0.2, 0.25) is 0 Å². The van der Waals surface area contributed by atoms with E-state index in [1.165, 1.54) is 18.2 Å². The molecule has 0 fully saturated rings. The maximum Gasteiger partial charge on any atom is 0.341 e. The number of aromatic hydroxyl groups is 1. The first-order valence-electron chi connectivity index (χ1n) is 6.92. The fourth-order valence-electron chi connectivity index (χ4n) is 2.72. The number of nitrogens with zero attached hydrogens (tertiary/aromatic N) is 1. The van der Waals surface area contributed by atoms with E-state index in [9.17, 15) is 9.90 Å². The molecule has 0 spiro atoms. The maximum absolute atomic E-state index is 11.5. The van der Waals surface area contributed by atoms with Crippen molar-refractivity contribution in [2.24, 2.45) is 0 Å². The first-order valence-corrected chi connectivity index (χ1v) is 6.92. The number of methoxy groups -OCH3 is 1. The van der Waals surface area contributed by atoms with Gasteiger partial charge in [0.2, 0.25) is 0 Å². The van der Waals surface area contributed by atoms with Gasteiger partial charge in [-0.1, -0.05) is 24.3 Å². The monoisotopic (exact) mass is 283 g/mol. The van der Waals surface area contributed by atoms with Crippen LogP contribution < -0.4 is 4.90 Å². The van der Waals surface area contributed by atoms with Gasteiger partial charge < -0.3 is 14.7 Å². The molecule has 0 unspecified atom stereocenters. The predicted octanol–water partition coefficient (Wildman–Crippen LogP) is 2.74. The Morgan fingerprint density at radius 1 is 1.19 bits per heavy atom. The van der Waals surface area contributed by atoms with Gasteiger partial charge in [-0.05, 0) is 29.7 Å². The standard InChI is InChI=1S/C17H17NO3/c1-21-17(20)15-7-6-14(10-16(15)19)18-9-8-12-4-2-3-5-13(12)11-18/h2-7,10,19H,8-9,11H2,1H3. The molecule has 1 N–H and O–H groups in total. The van der Waals surface area contributed by atoms with E-state index in [0.29, 0.717) is 0 Å². The Kier molecular flexibility index (Phi) is 3.52. The number of anilines is 1. The normalized spacial score (nSPS) is 13.7. The third-order valence-electron chi connectivity index (χ3n) is 3.88. The number of hydrogen-bond donors (Lipinski definition) is 1. The van der Waals surface area contributed by atoms with Gasteiger partial charge in [0.15, 0.2) is 0 Å². The summed E-state index contributed by atoms with van der Waals surface area (Å²) in [6.45, 7) is 1.71. The van der Waals surface area contributed by atoms with Gasteiger partial charge in [0, 0.05) is 24.8 Å². The predicted molar refractivity (Wildman–Crippen MR) is 80.6 cm³/mol. The van der Waals surface area contributed by atoms with Crippen molar-refractivity contribution < 1.29 is 14.6 Å². The quantitative estimate of drug-likeness (QED) is 0.861. The van der Waals surface area contributed by atoms with E-state index in [1.54, 1.807) is 12.1 Å². The molecular formula is C17H17NO3. The molecule has 1 aliphatic heterocycles. The Labute approximate surface area is 123 Å². The minimum absolute atomic E-state index is 0.0433. The molecule has 0 aromatic heterocycles. The molecule has 2 aromatic rings. The summed E-state index contributed by atoms with van der Waals surface area (Å²) in [6.07, 6.45) is 0.982. The van der Waals surface area contributed by atoms with Crippen LogP contribution in [-0.4, -0.2) is 24.7 Å². The van der Waals surface area contributed by atoms with Crippen LogP contribution in [0.1, 0.15) is 21.5 Å². The average molecular weight is 283 g/mol. The van der Waals surface area contributed by atoms with Crippen LogP contribution >= 0.6 is 0 Å². The molecule has 0 amide bonds. The fourth-order valence-corrected chi connectivity index (χ4v) is 2.72. The zero-order valence-electron chi connectivity index (χ0n) is 11.9. The number of phenols is 1. The number of carbonyl (C=O) groups is 1. The Morgan fingerprint density at radius 3 is 2.67 bits per heavy atom. The number of phenolic OH excluding ortho intramolecular Hbond substituents is 1. The number of hydrogen-bond acceptors (Lipinski definition) is 4. The third kappa shape index (κ3) is 2.57. The molecule has 0 saturated heterocycles. The molecule has 4 heteroatoms. The van der Waals surface area contributed by atoms with Crippen LogP contribution in [0.5, 0.6) is 5.75 Å². The zero-order valence-corrected chi connectivity index (χ0v) is 11.9. The third-order valence-corrected chi connectivity index (χ3v) is 3.88. The minimum atomic E-state index is -0.525. The van der Waals surface area contributed by atoms with Gasteiger partial charge in [-0.15, -0.1) is 0 Å². The largest absolute Gasteiger partial charge is 0.507 e. The summed E-state index contributed by atoms with van der Waals surface area (Å²) >= 11 is 0. The Bertz CT molecular complexity index is 681. The van der Waals surface area contributed by atoms with Crippen molar-refractivity contribution in [2.45, 2.75) is 13.0 Å². The number of fused-ring (bicyclic) bond motifs is 1. The second-order valence-electron chi connectivity index (χ2n) is 5.13. The van der Waals surface area contributed by atoms with Crippen LogP contribution in [0.3, 0.4) is 0 Å². The van der Waals surface area contributed by atoms with E-state index in [1.807, 2.05) is 12.1 Å². The van der Waals surface area contributed by atoms with Crippen LogP contribution in [0.4, 0.5) is 5.69 Å². The van der Waals surface area contributed by atoms with Crippen molar-refractivity contribution in [3.8, 4) is 5.75 Å². The summed E-state index contributed by atoms with van der Waals surface area (Å²) in [6, 6.07) is 13.5. The van der Waals surface area contributed by atoms with Gasteiger partial charge in [-0.25, -0.2) is 4.79 Å². The molecule has 1 heterocycles. The SMILES string of the molecule is COC(=O)c1ccc(N2CCc3ccccc3C2)cc1O. The maximum atomic E-state index is 11.5. The molecule has 2 aromatic carbocycles. The van der Waals surface area contributed by atoms with Crippen LogP contribution in [0.15, 0.2) is 42.5 Å². The van der Waals surface area contributed by atoms with Gasteiger partial charge in [0.25, 0.3) is 0 Å². The molecule has 0 radical (unpaired) electrons. The molecular weight excluding hydrogens is 266 g/mol. The number of ether oxygens (including phenoxy) is 1. The topological polar surface area (TPSA) is 49.8 Å². The van der Waals surface area contributed by atoms with E-state index in [0.717, 1.165) is 25.2 Å². The van der Waals surface area contributed by atoms with Crippen molar-refractivity contribution in [1.29, 1.82) is 0 Å². The van der Waals surface area contributed by atoms with E-state index in [-0.39, 0.29) is 11.3 Å². The fraction of sp³-hybridized carbons (Fsp3) is 0.235. The van der Waals surface area contributed by atoms with E-state index < -0.39 is 5.97 Å². The van der Waals surface area contributed by atoms with Crippen molar-refractivity contribution in [1.82, 2.24) is 0 Å². The first-order chi connectivity index (χ1) is 10.2. The molecule has 3 rings (SSSR count). The Morgan fingerprint density at radius 2 is 1.95 bits per heavy atom. The van der Waals surface area contributed by atoms with E-state index >= 15 is 0 Å². The van der Waals surface area contributed by atoms with Crippen molar-refractivity contribution in [3.63, 3.8) is 0 Å². The summed E-state index contributed by atoms with van der Waals surface area (Å²) in [5.41, 5.74) is 3.79. The van der Waals surface area contributed by atoms with E-state index in [4.69, 9.17) is 0 Å². The van der Waals surface area contributed by atoms with Gasteiger partial charge in [0.05, 0.1) is 7.11 Å². The summed E-state index contributed by atoms with van der Waals surface area (Å²) < 4.78 is 4.64. The molecule has 1 aliphatic rings. The van der Waals surface area contributed by atoms with Crippen LogP contribution in [0, 0.1) is 0 Å². The number of carbonyl (C=O) groups excluding carboxylic acids is 1. The summed E-state index contributed by atoms with van der Waals surface area (Å²) in [5.74, 6) is -0.568. The summed E-state index contributed by atoms with van der Waals surface area (Å²) in [5, 5.41) is 9.99. The number of benzene rings is 2. The van der Waals surface area contributed by atoms with Gasteiger partial charge in [-0.2, -0.15) is 0 Å². The minimum Gasteiger partial charge on any atom is -0.507 e. The highest BCUT2D eigenvalue weighted by Gasteiger charge is 2.18. The van der Waals surface area contributed by atoms with Gasteiger partial charge in [0.1, 0.15) is 11.3 Å². The lowest BCUT2D eigenvalue weighted by molar-refractivity contribution is 0.0597. The average Bonchev–Trinajstić information content (AvgIpc) is 2.53. The summed E-state index contributed by atoms with van der Waals surface area (Å²) in [4.78, 5) is 13.7. The van der Waals surface area contributed by atoms with E-state index in [2.05, 4.69) is 27.8 Å². The molecule has 0 bridgehead atoms. The molecule has 108 valence electrons. The Balaban J connectivity index is 1.86. The van der Waals surface area contributed by atoms with Crippen molar-refractivity contribution in [2.75, 3.05) is 18.6 Å². The first kappa shape index (κ1) is 13.5. The highest BCUT2D eigenvalue weighted by molar-refractivity contribution is 5.93. The zero-order chi connectivity index (χ0) is 14.8. The highest BCUT2D eigenvalue weighted by Crippen LogP contribution is 2.29. The highest BCUT2D eigenvalue weighted by atomic mass is 16.5.